The molecule has 0 saturated carbocycles. The fourth-order valence-electron chi connectivity index (χ4n) is 2.54. The van der Waals surface area contributed by atoms with Crippen LogP contribution in [0.15, 0.2) is 54.6 Å². The SMILES string of the molecule is CCOC(=O)c1c(C)nc(Nc2ccc(F)cc2)nc1-c1ccccc1. The van der Waals surface area contributed by atoms with E-state index >= 15 is 0 Å². The lowest BCUT2D eigenvalue weighted by atomic mass is 10.0. The lowest BCUT2D eigenvalue weighted by molar-refractivity contribution is 0.0525. The minimum absolute atomic E-state index is 0.266. The van der Waals surface area contributed by atoms with E-state index in [0.717, 1.165) is 5.56 Å². The van der Waals surface area contributed by atoms with Crippen molar-refractivity contribution in [2.75, 3.05) is 11.9 Å². The first-order chi connectivity index (χ1) is 12.6. The summed E-state index contributed by atoms with van der Waals surface area (Å²) < 4.78 is 18.2. The van der Waals surface area contributed by atoms with Crippen molar-refractivity contribution in [3.8, 4) is 11.3 Å². The smallest absolute Gasteiger partial charge is 0.342 e. The highest BCUT2D eigenvalue weighted by molar-refractivity contribution is 5.97. The molecule has 0 saturated heterocycles. The van der Waals surface area contributed by atoms with Crippen LogP contribution in [0, 0.1) is 12.7 Å². The Morgan fingerprint density at radius 3 is 2.42 bits per heavy atom. The molecule has 0 aliphatic heterocycles. The zero-order valence-corrected chi connectivity index (χ0v) is 14.5. The summed E-state index contributed by atoms with van der Waals surface area (Å²) in [7, 11) is 0. The van der Waals surface area contributed by atoms with E-state index in [1.165, 1.54) is 12.1 Å². The maximum absolute atomic E-state index is 13.1. The Morgan fingerprint density at radius 2 is 1.77 bits per heavy atom. The van der Waals surface area contributed by atoms with Crippen LogP contribution >= 0.6 is 0 Å². The van der Waals surface area contributed by atoms with Crippen molar-refractivity contribution in [3.63, 3.8) is 0 Å². The third kappa shape index (κ3) is 3.85. The van der Waals surface area contributed by atoms with Gasteiger partial charge in [0.1, 0.15) is 11.4 Å². The Balaban J connectivity index is 2.07. The summed E-state index contributed by atoms with van der Waals surface area (Å²) in [5, 5.41) is 3.04. The number of benzene rings is 2. The Kier molecular flexibility index (Phi) is 5.22. The molecule has 0 aliphatic carbocycles. The lowest BCUT2D eigenvalue weighted by Gasteiger charge is -2.13. The molecule has 1 aromatic heterocycles. The average Bonchev–Trinajstić information content (AvgIpc) is 2.64. The van der Waals surface area contributed by atoms with Gasteiger partial charge in [-0.05, 0) is 38.1 Å². The first-order valence-corrected chi connectivity index (χ1v) is 8.22. The summed E-state index contributed by atoms with van der Waals surface area (Å²) in [6.07, 6.45) is 0. The van der Waals surface area contributed by atoms with Crippen LogP contribution in [0.5, 0.6) is 0 Å². The van der Waals surface area contributed by atoms with E-state index in [1.807, 2.05) is 30.3 Å². The van der Waals surface area contributed by atoms with Gasteiger partial charge in [-0.25, -0.2) is 19.2 Å². The summed E-state index contributed by atoms with van der Waals surface area (Å²) in [5.74, 6) is -0.464. The van der Waals surface area contributed by atoms with Gasteiger partial charge in [0.15, 0.2) is 0 Å². The van der Waals surface area contributed by atoms with Crippen LogP contribution in [0.1, 0.15) is 23.0 Å². The van der Waals surface area contributed by atoms with E-state index < -0.39 is 5.97 Å². The number of ether oxygens (including phenoxy) is 1. The molecule has 0 unspecified atom stereocenters. The van der Waals surface area contributed by atoms with Gasteiger partial charge >= 0.3 is 5.97 Å². The third-order valence-electron chi connectivity index (χ3n) is 3.72. The van der Waals surface area contributed by atoms with Gasteiger partial charge in [-0.1, -0.05) is 30.3 Å². The monoisotopic (exact) mass is 351 g/mol. The number of esters is 1. The molecule has 0 spiro atoms. The van der Waals surface area contributed by atoms with Gasteiger partial charge in [-0.2, -0.15) is 0 Å². The second-order valence-corrected chi connectivity index (χ2v) is 5.57. The van der Waals surface area contributed by atoms with Crippen molar-refractivity contribution < 1.29 is 13.9 Å². The molecule has 2 aromatic carbocycles. The van der Waals surface area contributed by atoms with E-state index in [9.17, 15) is 9.18 Å². The van der Waals surface area contributed by atoms with Crippen molar-refractivity contribution >= 4 is 17.6 Å². The number of aromatic nitrogens is 2. The second-order valence-electron chi connectivity index (χ2n) is 5.57. The number of carbonyl (C=O) groups excluding carboxylic acids is 1. The molecule has 0 amide bonds. The average molecular weight is 351 g/mol. The molecule has 0 fully saturated rings. The van der Waals surface area contributed by atoms with E-state index in [1.54, 1.807) is 26.0 Å². The zero-order valence-electron chi connectivity index (χ0n) is 14.5. The number of aryl methyl sites for hydroxylation is 1. The Hall–Kier alpha value is -3.28. The highest BCUT2D eigenvalue weighted by Crippen LogP contribution is 2.26. The molecule has 5 nitrogen and oxygen atoms in total. The van der Waals surface area contributed by atoms with Crippen molar-refractivity contribution in [2.45, 2.75) is 13.8 Å². The third-order valence-corrected chi connectivity index (χ3v) is 3.72. The number of nitrogens with zero attached hydrogens (tertiary/aromatic N) is 2. The van der Waals surface area contributed by atoms with Crippen LogP contribution in [0.4, 0.5) is 16.0 Å². The van der Waals surface area contributed by atoms with Gasteiger partial charge in [0.05, 0.1) is 18.0 Å². The maximum atomic E-state index is 13.1. The number of hydrogen-bond donors (Lipinski definition) is 1. The largest absolute Gasteiger partial charge is 0.462 e. The predicted octanol–water partition coefficient (Wildman–Crippen LogP) is 4.51. The fourth-order valence-corrected chi connectivity index (χ4v) is 2.54. The molecule has 1 heterocycles. The summed E-state index contributed by atoms with van der Waals surface area (Å²) in [6, 6.07) is 15.2. The Bertz CT molecular complexity index is 912. The summed E-state index contributed by atoms with van der Waals surface area (Å²) in [4.78, 5) is 21.3. The van der Waals surface area contributed by atoms with E-state index in [-0.39, 0.29) is 12.4 Å². The molecular weight excluding hydrogens is 333 g/mol. The lowest BCUT2D eigenvalue weighted by Crippen LogP contribution is -2.13. The van der Waals surface area contributed by atoms with E-state index in [2.05, 4.69) is 15.3 Å². The molecule has 0 aliphatic rings. The van der Waals surface area contributed by atoms with Crippen molar-refractivity contribution in [1.29, 1.82) is 0 Å². The highest BCUT2D eigenvalue weighted by Gasteiger charge is 2.21. The minimum Gasteiger partial charge on any atom is -0.462 e. The molecule has 1 N–H and O–H groups in total. The van der Waals surface area contributed by atoms with Crippen LogP contribution < -0.4 is 5.32 Å². The minimum atomic E-state index is -0.461. The number of halogens is 1. The van der Waals surface area contributed by atoms with E-state index in [0.29, 0.717) is 28.6 Å². The van der Waals surface area contributed by atoms with Gasteiger partial charge in [0, 0.05) is 11.3 Å². The Morgan fingerprint density at radius 1 is 1.08 bits per heavy atom. The molecule has 0 bridgehead atoms. The first kappa shape index (κ1) is 17.5. The Labute approximate surface area is 150 Å². The summed E-state index contributed by atoms with van der Waals surface area (Å²) >= 11 is 0. The molecular formula is C20H18FN3O2. The second kappa shape index (κ2) is 7.74. The van der Waals surface area contributed by atoms with Crippen LogP contribution in [-0.2, 0) is 4.74 Å². The molecule has 132 valence electrons. The number of rotatable bonds is 5. The molecule has 3 aromatic rings. The molecule has 26 heavy (non-hydrogen) atoms. The van der Waals surface area contributed by atoms with E-state index in [4.69, 9.17) is 4.74 Å². The summed E-state index contributed by atoms with van der Waals surface area (Å²) in [6.45, 7) is 3.75. The summed E-state index contributed by atoms with van der Waals surface area (Å²) in [5.41, 5.74) is 2.75. The molecule has 6 heteroatoms. The highest BCUT2D eigenvalue weighted by atomic mass is 19.1. The maximum Gasteiger partial charge on any atom is 0.342 e. The van der Waals surface area contributed by atoms with Gasteiger partial charge in [0.2, 0.25) is 5.95 Å². The standard InChI is InChI=1S/C20H18FN3O2/c1-3-26-19(25)17-13(2)22-20(23-16-11-9-15(21)10-12-16)24-18(17)14-7-5-4-6-8-14/h4-12H,3H2,1-2H3,(H,22,23,24). The first-order valence-electron chi connectivity index (χ1n) is 8.22. The normalized spacial score (nSPS) is 10.4. The van der Waals surface area contributed by atoms with Crippen LogP contribution in [0.3, 0.4) is 0 Å². The molecule has 0 atom stereocenters. The van der Waals surface area contributed by atoms with Crippen LogP contribution in [0.25, 0.3) is 11.3 Å². The zero-order chi connectivity index (χ0) is 18.5. The number of anilines is 2. The van der Waals surface area contributed by atoms with Crippen molar-refractivity contribution in [1.82, 2.24) is 9.97 Å². The fraction of sp³-hybridized carbons (Fsp3) is 0.150. The number of hydrogen-bond acceptors (Lipinski definition) is 5. The van der Waals surface area contributed by atoms with Gasteiger partial charge in [-0.3, -0.25) is 0 Å². The van der Waals surface area contributed by atoms with Crippen molar-refractivity contribution in [2.24, 2.45) is 0 Å². The molecule has 0 radical (unpaired) electrons. The number of nitrogens with one attached hydrogen (secondary N) is 1. The van der Waals surface area contributed by atoms with Crippen molar-refractivity contribution in [3.05, 3.63) is 71.7 Å². The van der Waals surface area contributed by atoms with Gasteiger partial charge in [0.25, 0.3) is 0 Å². The van der Waals surface area contributed by atoms with Crippen LogP contribution in [0.2, 0.25) is 0 Å². The number of carbonyl (C=O) groups is 1. The predicted molar refractivity (Wildman–Crippen MR) is 97.8 cm³/mol. The topological polar surface area (TPSA) is 64.1 Å². The van der Waals surface area contributed by atoms with Crippen LogP contribution in [-0.4, -0.2) is 22.5 Å². The van der Waals surface area contributed by atoms with Gasteiger partial charge in [-0.15, -0.1) is 0 Å². The quantitative estimate of drug-likeness (QED) is 0.685. The van der Waals surface area contributed by atoms with Gasteiger partial charge < -0.3 is 10.1 Å². The molecule has 3 rings (SSSR count).